The maximum absolute atomic E-state index is 13.3. The molecule has 1 aromatic heterocycles. The van der Waals surface area contributed by atoms with Gasteiger partial charge in [-0.1, -0.05) is 43.6 Å². The van der Waals surface area contributed by atoms with Crippen LogP contribution < -0.4 is 19.9 Å². The van der Waals surface area contributed by atoms with Crippen molar-refractivity contribution in [3.05, 3.63) is 117 Å². The van der Waals surface area contributed by atoms with Gasteiger partial charge in [-0.15, -0.1) is 0 Å². The number of imide groups is 2. The maximum atomic E-state index is 13.3. The Morgan fingerprint density at radius 1 is 0.803 bits per heavy atom. The molecule has 14 nitrogen and oxygen atoms in total. The summed E-state index contributed by atoms with van der Waals surface area (Å²) in [6, 6.07) is 20.8. The zero-order valence-electron chi connectivity index (χ0n) is 34.3. The van der Waals surface area contributed by atoms with Crippen LogP contribution in [0.15, 0.2) is 72.9 Å². The second kappa shape index (κ2) is 16.5. The minimum absolute atomic E-state index is 0.0972. The number of rotatable bonds is 10. The van der Waals surface area contributed by atoms with Gasteiger partial charge in [0.05, 0.1) is 23.4 Å². The number of carbonyl (C=O) groups is 4. The lowest BCUT2D eigenvalue weighted by Crippen LogP contribution is -2.62. The molecule has 4 saturated heterocycles. The molecular weight excluding hydrogens is 794 g/mol. The van der Waals surface area contributed by atoms with E-state index in [4.69, 9.17) is 27.9 Å². The molecule has 4 amide bonds. The van der Waals surface area contributed by atoms with Crippen LogP contribution >= 0.6 is 11.6 Å². The first-order chi connectivity index (χ1) is 29.4. The summed E-state index contributed by atoms with van der Waals surface area (Å²) in [4.78, 5) is 74.3. The molecule has 0 bridgehead atoms. The van der Waals surface area contributed by atoms with E-state index in [0.717, 1.165) is 104 Å². The zero-order valence-corrected chi connectivity index (χ0v) is 35.1. The average molecular weight is 842 g/mol. The van der Waals surface area contributed by atoms with Crippen molar-refractivity contribution in [2.75, 3.05) is 62.2 Å². The molecule has 5 aliphatic rings. The number of aromatic nitrogens is 2. The van der Waals surface area contributed by atoms with Gasteiger partial charge < -0.3 is 14.5 Å². The van der Waals surface area contributed by atoms with Crippen LogP contribution in [0.3, 0.4) is 0 Å². The van der Waals surface area contributed by atoms with Gasteiger partial charge >= 0.3 is 0 Å². The summed E-state index contributed by atoms with van der Waals surface area (Å²) in [5.41, 5.74) is 4.60. The maximum Gasteiger partial charge on any atom is 0.262 e. The SMILES string of the molecule is [C-]#[N+]c1cc(Cl)cc(C(C)(C)c2ccc(OCc3ccnc(N4CCN(C5CCN(C6CN(c7ccc8c(c7)C(=O)N(C7CCC(=O)NC7=O)C8=O)C6)CC5)CC4)n3)cc2)c1. The third-order valence-electron chi connectivity index (χ3n) is 13.2. The number of hydrogen-bond donors (Lipinski definition) is 1. The molecule has 5 aliphatic heterocycles. The second-order valence-electron chi connectivity index (χ2n) is 17.1. The summed E-state index contributed by atoms with van der Waals surface area (Å²) in [5, 5.41) is 2.81. The van der Waals surface area contributed by atoms with Gasteiger partial charge in [0.1, 0.15) is 18.4 Å². The van der Waals surface area contributed by atoms with Crippen LogP contribution in [-0.2, 0) is 21.6 Å². The zero-order chi connectivity index (χ0) is 42.4. The normalized spacial score (nSPS) is 20.7. The van der Waals surface area contributed by atoms with E-state index in [2.05, 4.69) is 60.7 Å². The predicted octanol–water partition coefficient (Wildman–Crippen LogP) is 5.46. The lowest BCUT2D eigenvalue weighted by atomic mass is 9.78. The molecule has 0 spiro atoms. The Labute approximate surface area is 360 Å². The molecule has 3 aromatic carbocycles. The van der Waals surface area contributed by atoms with E-state index in [1.54, 1.807) is 24.4 Å². The first kappa shape index (κ1) is 40.5. The summed E-state index contributed by atoms with van der Waals surface area (Å²) in [7, 11) is 0. The van der Waals surface area contributed by atoms with Crippen molar-refractivity contribution >= 4 is 52.6 Å². The number of amides is 4. The molecule has 4 fully saturated rings. The minimum Gasteiger partial charge on any atom is -0.487 e. The molecule has 6 heterocycles. The van der Waals surface area contributed by atoms with Crippen molar-refractivity contribution in [3.63, 3.8) is 0 Å². The van der Waals surface area contributed by atoms with Gasteiger partial charge in [0.2, 0.25) is 17.8 Å². The van der Waals surface area contributed by atoms with Crippen LogP contribution in [-0.4, -0.2) is 119 Å². The van der Waals surface area contributed by atoms with Crippen molar-refractivity contribution in [1.82, 2.24) is 30.0 Å². The topological polar surface area (TPSA) is 136 Å². The van der Waals surface area contributed by atoms with Crippen LogP contribution in [0.1, 0.15) is 77.1 Å². The van der Waals surface area contributed by atoms with Gasteiger partial charge in [0.15, 0.2) is 5.69 Å². The predicted molar refractivity (Wildman–Crippen MR) is 230 cm³/mol. The largest absolute Gasteiger partial charge is 0.487 e. The number of halogens is 1. The second-order valence-corrected chi connectivity index (χ2v) is 17.6. The smallest absolute Gasteiger partial charge is 0.262 e. The van der Waals surface area contributed by atoms with E-state index >= 15 is 0 Å². The van der Waals surface area contributed by atoms with Gasteiger partial charge in [0.25, 0.3) is 11.8 Å². The van der Waals surface area contributed by atoms with Crippen molar-refractivity contribution in [1.29, 1.82) is 0 Å². The molecule has 1 atom stereocenters. The van der Waals surface area contributed by atoms with Gasteiger partial charge in [-0.05, 0) is 78.9 Å². The highest BCUT2D eigenvalue weighted by molar-refractivity contribution is 6.31. The molecule has 1 unspecified atom stereocenters. The molecule has 61 heavy (non-hydrogen) atoms. The quantitative estimate of drug-likeness (QED) is 0.161. The number of hydrogen-bond acceptors (Lipinski definition) is 11. The van der Waals surface area contributed by atoms with Gasteiger partial charge in [-0.3, -0.25) is 39.2 Å². The lowest BCUT2D eigenvalue weighted by Gasteiger charge is -2.50. The monoisotopic (exact) mass is 841 g/mol. The molecule has 0 aliphatic carbocycles. The highest BCUT2D eigenvalue weighted by Crippen LogP contribution is 2.37. The van der Waals surface area contributed by atoms with E-state index in [1.807, 2.05) is 36.4 Å². The molecule has 0 saturated carbocycles. The Kier molecular flexibility index (Phi) is 11.0. The third-order valence-corrected chi connectivity index (χ3v) is 13.4. The minimum atomic E-state index is -0.966. The number of carbonyl (C=O) groups excluding carboxylic acids is 4. The molecule has 15 heteroatoms. The first-order valence-corrected chi connectivity index (χ1v) is 21.4. The van der Waals surface area contributed by atoms with E-state index in [1.165, 1.54) is 0 Å². The van der Waals surface area contributed by atoms with Crippen molar-refractivity contribution in [2.24, 2.45) is 0 Å². The van der Waals surface area contributed by atoms with Gasteiger partial charge in [0, 0.05) is 93.2 Å². The Bertz CT molecular complexity index is 2410. The highest BCUT2D eigenvalue weighted by Gasteiger charge is 2.45. The molecule has 1 N–H and O–H groups in total. The molecular formula is C46H48ClN9O5. The first-order valence-electron chi connectivity index (χ1n) is 21.0. The number of benzene rings is 3. The number of ether oxygens (including phenoxy) is 1. The average Bonchev–Trinajstić information content (AvgIpc) is 3.50. The Morgan fingerprint density at radius 2 is 1.52 bits per heavy atom. The highest BCUT2D eigenvalue weighted by atomic mass is 35.5. The Morgan fingerprint density at radius 3 is 2.25 bits per heavy atom. The number of likely N-dealkylation sites (tertiary alicyclic amines) is 1. The van der Waals surface area contributed by atoms with Crippen LogP contribution in [0.25, 0.3) is 4.85 Å². The number of fused-ring (bicyclic) bond motifs is 1. The molecule has 9 rings (SSSR count). The standard InChI is InChI=1S/C46H48ClN9O5/c1-46(2,30-22-31(47)24-33(23-30)48-3)29-4-7-37(8-5-29)61-28-32-12-15-49-45(50-32)54-20-18-53(19-21-54)34-13-16-52(17-14-34)36-26-55(27-36)35-6-9-38-39(25-35)44(60)56(43(38)59)40-10-11-41(57)51-42(40)58/h4-9,12,15,22-25,34,36,40H,10-11,13-14,16-21,26-28H2,1-2H3,(H,51,57,58). The van der Waals surface area contributed by atoms with Gasteiger partial charge in [-0.2, -0.15) is 0 Å². The van der Waals surface area contributed by atoms with Crippen LogP contribution in [0.4, 0.5) is 17.3 Å². The number of nitrogens with one attached hydrogen (secondary N) is 1. The van der Waals surface area contributed by atoms with E-state index in [9.17, 15) is 19.2 Å². The number of piperidine rings is 2. The summed E-state index contributed by atoms with van der Waals surface area (Å²) in [6.45, 7) is 19.4. The summed E-state index contributed by atoms with van der Waals surface area (Å²) in [5.74, 6) is -0.467. The van der Waals surface area contributed by atoms with E-state index in [-0.39, 0.29) is 24.2 Å². The number of piperazine rings is 1. The van der Waals surface area contributed by atoms with Crippen molar-refractivity contribution < 1.29 is 23.9 Å². The lowest BCUT2D eigenvalue weighted by molar-refractivity contribution is -0.136. The fraction of sp³-hybridized carbons (Fsp3) is 0.413. The Hall–Kier alpha value is -5.88. The van der Waals surface area contributed by atoms with Crippen LogP contribution in [0.2, 0.25) is 5.02 Å². The molecule has 314 valence electrons. The Balaban J connectivity index is 0.718. The van der Waals surface area contributed by atoms with Crippen molar-refractivity contribution in [2.45, 2.75) is 69.7 Å². The molecule has 0 radical (unpaired) electrons. The summed E-state index contributed by atoms with van der Waals surface area (Å²) >= 11 is 6.31. The summed E-state index contributed by atoms with van der Waals surface area (Å²) in [6.07, 6.45) is 4.28. The van der Waals surface area contributed by atoms with Gasteiger partial charge in [-0.25, -0.2) is 14.8 Å². The fourth-order valence-corrected chi connectivity index (χ4v) is 9.59. The summed E-state index contributed by atoms with van der Waals surface area (Å²) < 4.78 is 6.15. The third kappa shape index (κ3) is 8.05. The number of nitrogens with zero attached hydrogens (tertiary/aromatic N) is 8. The molecule has 4 aromatic rings. The van der Waals surface area contributed by atoms with Crippen molar-refractivity contribution in [3.8, 4) is 5.75 Å². The number of anilines is 2. The van der Waals surface area contributed by atoms with E-state index < -0.39 is 23.8 Å². The fourth-order valence-electron chi connectivity index (χ4n) is 9.36. The van der Waals surface area contributed by atoms with Crippen LogP contribution in [0, 0.1) is 6.57 Å². The van der Waals surface area contributed by atoms with E-state index in [0.29, 0.717) is 40.5 Å². The van der Waals surface area contributed by atoms with Crippen LogP contribution in [0.5, 0.6) is 5.75 Å².